The van der Waals surface area contributed by atoms with Gasteiger partial charge in [-0.2, -0.15) is 0 Å². The van der Waals surface area contributed by atoms with Gasteiger partial charge >= 0.3 is 5.97 Å². The molecule has 4 nitrogen and oxygen atoms in total. The summed E-state index contributed by atoms with van der Waals surface area (Å²) >= 11 is 6.42. The predicted octanol–water partition coefficient (Wildman–Crippen LogP) is 4.23. The van der Waals surface area contributed by atoms with Gasteiger partial charge in [0.05, 0.1) is 16.1 Å². The topological polar surface area (TPSA) is 55.1 Å². The fourth-order valence-corrected chi connectivity index (χ4v) is 4.11. The van der Waals surface area contributed by atoms with Crippen LogP contribution < -0.4 is 0 Å². The Balaban J connectivity index is 2.33. The van der Waals surface area contributed by atoms with E-state index in [2.05, 4.69) is 52.3 Å². The molecule has 0 aliphatic heterocycles. The summed E-state index contributed by atoms with van der Waals surface area (Å²) in [5, 5.41) is 9.62. The van der Waals surface area contributed by atoms with E-state index in [1.54, 1.807) is 11.3 Å². The number of rotatable bonds is 5. The third-order valence-corrected chi connectivity index (χ3v) is 5.44. The maximum Gasteiger partial charge on any atom is 0.313 e. The molecule has 0 spiro atoms. The Morgan fingerprint density at radius 2 is 2.19 bits per heavy atom. The van der Waals surface area contributed by atoms with Gasteiger partial charge in [-0.1, -0.05) is 32.5 Å². The molecule has 0 radical (unpaired) electrons. The number of nitrogens with zero attached hydrogens (tertiary/aromatic N) is 2. The number of thioether (sulfide) groups is 1. The largest absolute Gasteiger partial charge is 0.481 e. The number of carboxylic acids is 1. The van der Waals surface area contributed by atoms with Crippen molar-refractivity contribution >= 4 is 45.0 Å². The Morgan fingerprint density at radius 3 is 2.71 bits per heavy atom. The number of imidazole rings is 1. The number of thiophene rings is 1. The molecule has 0 unspecified atom stereocenters. The zero-order valence-electron chi connectivity index (χ0n) is 12.1. The molecule has 2 aromatic rings. The van der Waals surface area contributed by atoms with Crippen molar-refractivity contribution in [2.24, 2.45) is 0 Å². The molecule has 0 fully saturated rings. The molecular formula is C14H17BrN2O2S2. The highest BCUT2D eigenvalue weighted by Gasteiger charge is 2.22. The standard InChI is InChI=1S/C14H17BrN2O2S2/c1-14(2,3)10-6-16-13(20-8-12(18)19)17(10)7-9-4-5-11(15)21-9/h4-6H,7-8H2,1-3H3,(H,18,19). The summed E-state index contributed by atoms with van der Waals surface area (Å²) in [6, 6.07) is 4.10. The van der Waals surface area contributed by atoms with Gasteiger partial charge in [-0.3, -0.25) is 4.79 Å². The predicted molar refractivity (Wildman–Crippen MR) is 90.4 cm³/mol. The van der Waals surface area contributed by atoms with Crippen LogP contribution in [0.5, 0.6) is 0 Å². The zero-order valence-corrected chi connectivity index (χ0v) is 15.3. The van der Waals surface area contributed by atoms with Crippen molar-refractivity contribution in [3.05, 3.63) is 32.7 Å². The first-order valence-electron chi connectivity index (χ1n) is 6.42. The first kappa shape index (κ1) is 16.6. The van der Waals surface area contributed by atoms with Crippen LogP contribution in [0.2, 0.25) is 0 Å². The van der Waals surface area contributed by atoms with E-state index in [0.717, 1.165) is 14.6 Å². The molecule has 0 saturated carbocycles. The molecule has 0 atom stereocenters. The third-order valence-electron chi connectivity index (χ3n) is 2.85. The molecule has 0 aromatic carbocycles. The second-order valence-corrected chi connectivity index (χ2v) is 9.14. The van der Waals surface area contributed by atoms with Gasteiger partial charge in [0.15, 0.2) is 5.16 Å². The van der Waals surface area contributed by atoms with Gasteiger partial charge < -0.3 is 9.67 Å². The van der Waals surface area contributed by atoms with Crippen LogP contribution in [0.3, 0.4) is 0 Å². The number of hydrogen-bond donors (Lipinski definition) is 1. The van der Waals surface area contributed by atoms with Crippen LogP contribution in [0.1, 0.15) is 31.3 Å². The highest BCUT2D eigenvalue weighted by Crippen LogP contribution is 2.30. The number of aliphatic carboxylic acids is 1. The maximum absolute atomic E-state index is 10.8. The summed E-state index contributed by atoms with van der Waals surface area (Å²) in [4.78, 5) is 16.4. The molecule has 2 heterocycles. The molecule has 0 saturated heterocycles. The van der Waals surface area contributed by atoms with E-state index in [4.69, 9.17) is 5.11 Å². The highest BCUT2D eigenvalue weighted by atomic mass is 79.9. The lowest BCUT2D eigenvalue weighted by molar-refractivity contribution is -0.133. The van der Waals surface area contributed by atoms with Gasteiger partial charge in [0, 0.05) is 22.2 Å². The summed E-state index contributed by atoms with van der Waals surface area (Å²) in [5.74, 6) is -0.805. The Labute approximate surface area is 140 Å². The molecular weight excluding hydrogens is 372 g/mol. The van der Waals surface area contributed by atoms with Crippen molar-refractivity contribution in [2.45, 2.75) is 37.9 Å². The minimum Gasteiger partial charge on any atom is -0.481 e. The summed E-state index contributed by atoms with van der Waals surface area (Å²) < 4.78 is 3.21. The lowest BCUT2D eigenvalue weighted by Crippen LogP contribution is -2.18. The summed E-state index contributed by atoms with van der Waals surface area (Å²) in [6.45, 7) is 7.12. The number of halogens is 1. The van der Waals surface area contributed by atoms with E-state index in [-0.39, 0.29) is 11.2 Å². The minimum absolute atomic E-state index is 0.0226. The molecule has 2 aromatic heterocycles. The lowest BCUT2D eigenvalue weighted by Gasteiger charge is -2.21. The second-order valence-electron chi connectivity index (χ2n) is 5.65. The van der Waals surface area contributed by atoms with Crippen molar-refractivity contribution in [3.8, 4) is 0 Å². The molecule has 7 heteroatoms. The fraction of sp³-hybridized carbons (Fsp3) is 0.429. The Bertz CT molecular complexity index is 644. The monoisotopic (exact) mass is 388 g/mol. The second kappa shape index (κ2) is 6.54. The van der Waals surface area contributed by atoms with Crippen LogP contribution in [0.4, 0.5) is 0 Å². The van der Waals surface area contributed by atoms with Crippen molar-refractivity contribution in [1.29, 1.82) is 0 Å². The number of aromatic nitrogens is 2. The Hall–Kier alpha value is -0.790. The molecule has 1 N–H and O–H groups in total. The Morgan fingerprint density at radius 1 is 1.48 bits per heavy atom. The summed E-state index contributed by atoms with van der Waals surface area (Å²) in [7, 11) is 0. The average molecular weight is 389 g/mol. The Kier molecular flexibility index (Phi) is 5.16. The normalized spacial score (nSPS) is 11.8. The van der Waals surface area contributed by atoms with Gasteiger partial charge in [0.25, 0.3) is 0 Å². The quantitative estimate of drug-likeness (QED) is 0.778. The highest BCUT2D eigenvalue weighted by molar-refractivity contribution is 9.11. The molecule has 0 amide bonds. The first-order valence-corrected chi connectivity index (χ1v) is 9.01. The van der Waals surface area contributed by atoms with Crippen molar-refractivity contribution in [2.75, 3.05) is 5.75 Å². The van der Waals surface area contributed by atoms with Crippen LogP contribution in [0.25, 0.3) is 0 Å². The van der Waals surface area contributed by atoms with Gasteiger partial charge in [0.2, 0.25) is 0 Å². The molecule has 21 heavy (non-hydrogen) atoms. The smallest absolute Gasteiger partial charge is 0.313 e. The number of carbonyl (C=O) groups is 1. The van der Waals surface area contributed by atoms with Crippen LogP contribution in [0.15, 0.2) is 27.3 Å². The van der Waals surface area contributed by atoms with Crippen LogP contribution in [-0.2, 0) is 16.8 Å². The van der Waals surface area contributed by atoms with Gasteiger partial charge in [-0.15, -0.1) is 11.3 Å². The fourth-order valence-electron chi connectivity index (χ4n) is 1.94. The van der Waals surface area contributed by atoms with Crippen LogP contribution in [-0.4, -0.2) is 26.4 Å². The van der Waals surface area contributed by atoms with E-state index in [1.165, 1.54) is 16.6 Å². The molecule has 0 bridgehead atoms. The van der Waals surface area contributed by atoms with Gasteiger partial charge in [0.1, 0.15) is 0 Å². The third kappa shape index (κ3) is 4.34. The van der Waals surface area contributed by atoms with Gasteiger partial charge in [-0.05, 0) is 28.1 Å². The molecule has 2 rings (SSSR count). The van der Waals surface area contributed by atoms with E-state index in [1.807, 2.05) is 12.3 Å². The van der Waals surface area contributed by atoms with E-state index < -0.39 is 5.97 Å². The van der Waals surface area contributed by atoms with Crippen molar-refractivity contribution in [1.82, 2.24) is 9.55 Å². The zero-order chi connectivity index (χ0) is 15.6. The summed E-state index contributed by atoms with van der Waals surface area (Å²) in [6.07, 6.45) is 1.85. The van der Waals surface area contributed by atoms with E-state index in [0.29, 0.717) is 6.54 Å². The maximum atomic E-state index is 10.8. The number of hydrogen-bond acceptors (Lipinski definition) is 4. The average Bonchev–Trinajstić information content (AvgIpc) is 2.93. The van der Waals surface area contributed by atoms with Crippen LogP contribution in [0, 0.1) is 0 Å². The van der Waals surface area contributed by atoms with Gasteiger partial charge in [-0.25, -0.2) is 4.98 Å². The molecule has 0 aliphatic carbocycles. The van der Waals surface area contributed by atoms with Crippen molar-refractivity contribution < 1.29 is 9.90 Å². The minimum atomic E-state index is -0.828. The van der Waals surface area contributed by atoms with E-state index in [9.17, 15) is 4.79 Å². The molecule has 114 valence electrons. The SMILES string of the molecule is CC(C)(C)c1cnc(SCC(=O)O)n1Cc1ccc(Br)s1. The summed E-state index contributed by atoms with van der Waals surface area (Å²) in [5.41, 5.74) is 1.07. The van der Waals surface area contributed by atoms with E-state index >= 15 is 0 Å². The first-order chi connectivity index (χ1) is 9.77. The number of carboxylic acid groups (broad SMARTS) is 1. The van der Waals surface area contributed by atoms with Crippen molar-refractivity contribution in [3.63, 3.8) is 0 Å². The lowest BCUT2D eigenvalue weighted by atomic mass is 9.92. The molecule has 0 aliphatic rings. The van der Waals surface area contributed by atoms with Crippen LogP contribution >= 0.6 is 39.0 Å².